The van der Waals surface area contributed by atoms with Gasteiger partial charge in [-0.1, -0.05) is 13.3 Å². The highest BCUT2D eigenvalue weighted by atomic mass is 15.2. The number of nitrogens with zero attached hydrogens (tertiary/aromatic N) is 3. The standard InChI is InChI=1S/C10H12N4/c1-2-7-5-9(7)13-10-8(6-11)3-4-12-14-10/h3-4,7,9H,2,5H2,1H3,(H,13,14). The van der Waals surface area contributed by atoms with Crippen LogP contribution in [0.3, 0.4) is 0 Å². The maximum atomic E-state index is 8.82. The van der Waals surface area contributed by atoms with Crippen molar-refractivity contribution in [2.45, 2.75) is 25.8 Å². The molecule has 0 aromatic carbocycles. The Morgan fingerprint density at radius 2 is 2.57 bits per heavy atom. The maximum Gasteiger partial charge on any atom is 0.166 e. The predicted octanol–water partition coefficient (Wildman–Crippen LogP) is 1.56. The summed E-state index contributed by atoms with van der Waals surface area (Å²) < 4.78 is 0. The van der Waals surface area contributed by atoms with Crippen molar-refractivity contribution < 1.29 is 0 Å². The molecule has 1 aromatic rings. The van der Waals surface area contributed by atoms with Crippen molar-refractivity contribution in [3.63, 3.8) is 0 Å². The molecule has 1 aromatic heterocycles. The molecule has 0 amide bonds. The Labute approximate surface area is 83.0 Å². The van der Waals surface area contributed by atoms with E-state index >= 15 is 0 Å². The summed E-state index contributed by atoms with van der Waals surface area (Å²) in [6, 6.07) is 4.27. The van der Waals surface area contributed by atoms with Gasteiger partial charge in [-0.3, -0.25) is 0 Å². The van der Waals surface area contributed by atoms with Crippen molar-refractivity contribution in [3.05, 3.63) is 17.8 Å². The Morgan fingerprint density at radius 1 is 1.71 bits per heavy atom. The molecule has 72 valence electrons. The first-order chi connectivity index (χ1) is 6.85. The predicted molar refractivity (Wildman–Crippen MR) is 52.6 cm³/mol. The number of anilines is 1. The number of rotatable bonds is 3. The van der Waals surface area contributed by atoms with Gasteiger partial charge in [0.25, 0.3) is 0 Å². The summed E-state index contributed by atoms with van der Waals surface area (Å²) in [7, 11) is 0. The Hall–Kier alpha value is -1.63. The van der Waals surface area contributed by atoms with Crippen molar-refractivity contribution in [2.24, 2.45) is 5.92 Å². The Balaban J connectivity index is 2.07. The molecule has 0 radical (unpaired) electrons. The van der Waals surface area contributed by atoms with Crippen LogP contribution in [0.2, 0.25) is 0 Å². The minimum absolute atomic E-state index is 0.490. The Kier molecular flexibility index (Phi) is 2.32. The van der Waals surface area contributed by atoms with Gasteiger partial charge < -0.3 is 5.32 Å². The van der Waals surface area contributed by atoms with E-state index in [1.807, 2.05) is 0 Å². The van der Waals surface area contributed by atoms with E-state index in [1.165, 1.54) is 19.0 Å². The van der Waals surface area contributed by atoms with Crippen LogP contribution in [0, 0.1) is 17.2 Å². The van der Waals surface area contributed by atoms with Crippen LogP contribution in [0.1, 0.15) is 25.3 Å². The van der Waals surface area contributed by atoms with E-state index in [9.17, 15) is 0 Å². The lowest BCUT2D eigenvalue weighted by molar-refractivity contribution is 0.772. The quantitative estimate of drug-likeness (QED) is 0.781. The third-order valence-electron chi connectivity index (χ3n) is 2.61. The van der Waals surface area contributed by atoms with E-state index in [4.69, 9.17) is 5.26 Å². The van der Waals surface area contributed by atoms with Crippen molar-refractivity contribution in [1.29, 1.82) is 5.26 Å². The van der Waals surface area contributed by atoms with Crippen LogP contribution in [-0.2, 0) is 0 Å². The molecule has 1 heterocycles. The first kappa shape index (κ1) is 8.95. The van der Waals surface area contributed by atoms with Crippen LogP contribution in [0.5, 0.6) is 0 Å². The van der Waals surface area contributed by atoms with Gasteiger partial charge in [0.1, 0.15) is 6.07 Å². The molecular formula is C10H12N4. The molecule has 1 saturated carbocycles. The largest absolute Gasteiger partial charge is 0.364 e. The van der Waals surface area contributed by atoms with E-state index in [-0.39, 0.29) is 0 Å². The van der Waals surface area contributed by atoms with E-state index in [2.05, 4.69) is 28.5 Å². The van der Waals surface area contributed by atoms with Crippen LogP contribution in [0.25, 0.3) is 0 Å². The van der Waals surface area contributed by atoms with Gasteiger partial charge in [-0.05, 0) is 18.4 Å². The van der Waals surface area contributed by atoms with Gasteiger partial charge in [-0.15, -0.1) is 5.10 Å². The normalized spacial score (nSPS) is 24.0. The second-order valence-electron chi connectivity index (χ2n) is 3.56. The zero-order valence-electron chi connectivity index (χ0n) is 8.07. The molecule has 0 bridgehead atoms. The molecule has 1 aliphatic rings. The number of nitrogens with one attached hydrogen (secondary N) is 1. The van der Waals surface area contributed by atoms with Gasteiger partial charge in [0, 0.05) is 6.04 Å². The smallest absolute Gasteiger partial charge is 0.166 e. The van der Waals surface area contributed by atoms with Gasteiger partial charge in [-0.2, -0.15) is 10.4 Å². The van der Waals surface area contributed by atoms with Gasteiger partial charge in [0.05, 0.1) is 11.8 Å². The molecule has 0 saturated heterocycles. The van der Waals surface area contributed by atoms with Crippen molar-refractivity contribution >= 4 is 5.82 Å². The molecule has 2 atom stereocenters. The molecule has 0 spiro atoms. The second kappa shape index (κ2) is 3.62. The van der Waals surface area contributed by atoms with Gasteiger partial charge >= 0.3 is 0 Å². The maximum absolute atomic E-state index is 8.82. The Bertz CT molecular complexity index is 369. The van der Waals surface area contributed by atoms with Crippen LogP contribution < -0.4 is 5.32 Å². The van der Waals surface area contributed by atoms with Crippen LogP contribution in [0.4, 0.5) is 5.82 Å². The molecule has 2 rings (SSSR count). The van der Waals surface area contributed by atoms with Gasteiger partial charge in [0.2, 0.25) is 0 Å². The lowest BCUT2D eigenvalue weighted by Crippen LogP contribution is -2.08. The Morgan fingerprint density at radius 3 is 3.21 bits per heavy atom. The molecule has 2 unspecified atom stereocenters. The third kappa shape index (κ3) is 1.67. The summed E-state index contributed by atoms with van der Waals surface area (Å²) in [5.74, 6) is 1.36. The SMILES string of the molecule is CCC1CC1Nc1nnccc1C#N. The number of aromatic nitrogens is 2. The molecule has 1 aliphatic carbocycles. The highest BCUT2D eigenvalue weighted by molar-refractivity contribution is 5.51. The first-order valence-electron chi connectivity index (χ1n) is 4.83. The zero-order chi connectivity index (χ0) is 9.97. The summed E-state index contributed by atoms with van der Waals surface area (Å²) in [5, 5.41) is 19.7. The zero-order valence-corrected chi connectivity index (χ0v) is 8.07. The monoisotopic (exact) mass is 188 g/mol. The summed E-state index contributed by atoms with van der Waals surface area (Å²) in [4.78, 5) is 0. The van der Waals surface area contributed by atoms with E-state index in [0.29, 0.717) is 17.4 Å². The minimum atomic E-state index is 0.490. The fourth-order valence-electron chi connectivity index (χ4n) is 1.58. The van der Waals surface area contributed by atoms with Gasteiger partial charge in [-0.25, -0.2) is 0 Å². The topological polar surface area (TPSA) is 61.6 Å². The summed E-state index contributed by atoms with van der Waals surface area (Å²) in [5.41, 5.74) is 0.571. The van der Waals surface area contributed by atoms with Crippen LogP contribution in [-0.4, -0.2) is 16.2 Å². The van der Waals surface area contributed by atoms with Crippen molar-refractivity contribution in [3.8, 4) is 6.07 Å². The average Bonchev–Trinajstić information content (AvgIpc) is 2.97. The van der Waals surface area contributed by atoms with Crippen molar-refractivity contribution in [2.75, 3.05) is 5.32 Å². The lowest BCUT2D eigenvalue weighted by atomic mass is 10.3. The van der Waals surface area contributed by atoms with Gasteiger partial charge in [0.15, 0.2) is 5.82 Å². The van der Waals surface area contributed by atoms with Crippen LogP contribution in [0.15, 0.2) is 12.3 Å². The second-order valence-corrected chi connectivity index (χ2v) is 3.56. The average molecular weight is 188 g/mol. The van der Waals surface area contributed by atoms with E-state index in [0.717, 1.165) is 5.92 Å². The third-order valence-corrected chi connectivity index (χ3v) is 2.61. The lowest BCUT2D eigenvalue weighted by Gasteiger charge is -2.04. The molecule has 1 fully saturated rings. The number of hydrogen-bond acceptors (Lipinski definition) is 4. The van der Waals surface area contributed by atoms with E-state index < -0.39 is 0 Å². The molecule has 0 aliphatic heterocycles. The fraction of sp³-hybridized carbons (Fsp3) is 0.500. The molecule has 4 nitrogen and oxygen atoms in total. The first-order valence-corrected chi connectivity index (χ1v) is 4.83. The molecular weight excluding hydrogens is 176 g/mol. The summed E-state index contributed by atoms with van der Waals surface area (Å²) in [6.07, 6.45) is 3.89. The van der Waals surface area contributed by atoms with E-state index in [1.54, 1.807) is 6.07 Å². The van der Waals surface area contributed by atoms with Crippen LogP contribution >= 0.6 is 0 Å². The highest BCUT2D eigenvalue weighted by Gasteiger charge is 2.35. The highest BCUT2D eigenvalue weighted by Crippen LogP contribution is 2.35. The fourth-order valence-corrected chi connectivity index (χ4v) is 1.58. The minimum Gasteiger partial charge on any atom is -0.364 e. The molecule has 4 heteroatoms. The number of nitriles is 1. The summed E-state index contributed by atoms with van der Waals surface area (Å²) >= 11 is 0. The molecule has 1 N–H and O–H groups in total. The molecule has 14 heavy (non-hydrogen) atoms. The van der Waals surface area contributed by atoms with Crippen molar-refractivity contribution in [1.82, 2.24) is 10.2 Å². The number of hydrogen-bond donors (Lipinski definition) is 1. The summed E-state index contributed by atoms with van der Waals surface area (Å²) in [6.45, 7) is 2.17.